The summed E-state index contributed by atoms with van der Waals surface area (Å²) < 4.78 is 21.8. The predicted octanol–water partition coefficient (Wildman–Crippen LogP) is 0.928. The smallest absolute Gasteiger partial charge is 0.213 e. The van der Waals surface area contributed by atoms with E-state index in [1.165, 1.54) is 0 Å². The highest BCUT2D eigenvalue weighted by Gasteiger charge is 2.09. The number of halogens is 1. The molecule has 0 fully saturated rings. The maximum atomic E-state index is 10.9. The molecule has 5 nitrogen and oxygen atoms in total. The number of nitrogens with one attached hydrogen (secondary N) is 1. The normalized spacial score (nSPS) is 13.1. The zero-order valence-corrected chi connectivity index (χ0v) is 12.7. The minimum absolute atomic E-state index is 0. The van der Waals surface area contributed by atoms with Crippen LogP contribution in [0, 0.1) is 0 Å². The topological polar surface area (TPSA) is 92.4 Å². The van der Waals surface area contributed by atoms with E-state index in [-0.39, 0.29) is 18.2 Å². The van der Waals surface area contributed by atoms with Crippen molar-refractivity contribution in [3.8, 4) is 0 Å². The van der Waals surface area contributed by atoms with Crippen molar-refractivity contribution in [2.24, 2.45) is 5.14 Å². The van der Waals surface area contributed by atoms with Crippen molar-refractivity contribution < 1.29 is 13.5 Å². The first-order valence-corrected chi connectivity index (χ1v) is 7.50. The lowest BCUT2D eigenvalue weighted by molar-refractivity contribution is 0.171. The molecule has 0 amide bonds. The molecular weight excluding hydrogens is 288 g/mol. The van der Waals surface area contributed by atoms with Crippen LogP contribution in [-0.2, 0) is 15.8 Å². The molecule has 0 aliphatic carbocycles. The highest BCUT2D eigenvalue weighted by molar-refractivity contribution is 7.88. The maximum Gasteiger partial charge on any atom is 0.213 e. The largest absolute Gasteiger partial charge is 0.387 e. The summed E-state index contributed by atoms with van der Waals surface area (Å²) in [6.45, 7) is 4.47. The summed E-state index contributed by atoms with van der Waals surface area (Å²) in [6.07, 6.45) is -0.601. The van der Waals surface area contributed by atoms with Gasteiger partial charge in [-0.2, -0.15) is 0 Å². The first-order chi connectivity index (χ1) is 8.28. The average Bonchev–Trinajstić information content (AvgIpc) is 2.24. The highest BCUT2D eigenvalue weighted by atomic mass is 35.5. The molecule has 0 radical (unpaired) electrons. The lowest BCUT2D eigenvalue weighted by atomic mass is 10.1. The molecule has 110 valence electrons. The number of sulfonamides is 1. The number of benzene rings is 1. The van der Waals surface area contributed by atoms with Gasteiger partial charge in [-0.15, -0.1) is 12.4 Å². The molecule has 1 aromatic rings. The summed E-state index contributed by atoms with van der Waals surface area (Å²) in [5.74, 6) is -0.187. The monoisotopic (exact) mass is 308 g/mol. The van der Waals surface area contributed by atoms with Crippen molar-refractivity contribution in [2.75, 3.05) is 6.54 Å². The summed E-state index contributed by atoms with van der Waals surface area (Å²) in [7, 11) is -3.51. The molecule has 19 heavy (non-hydrogen) atoms. The summed E-state index contributed by atoms with van der Waals surface area (Å²) >= 11 is 0. The van der Waals surface area contributed by atoms with Gasteiger partial charge in [0.1, 0.15) is 0 Å². The van der Waals surface area contributed by atoms with Crippen LogP contribution in [0.15, 0.2) is 24.3 Å². The van der Waals surface area contributed by atoms with Crippen LogP contribution in [0.4, 0.5) is 0 Å². The zero-order valence-electron chi connectivity index (χ0n) is 11.0. The molecule has 1 aromatic carbocycles. The Balaban J connectivity index is 0.00000324. The van der Waals surface area contributed by atoms with Crippen LogP contribution in [0.1, 0.15) is 31.1 Å². The molecule has 0 aliphatic heterocycles. The van der Waals surface area contributed by atoms with E-state index in [4.69, 9.17) is 5.14 Å². The van der Waals surface area contributed by atoms with E-state index in [9.17, 15) is 13.5 Å². The Bertz CT molecular complexity index is 474. The molecule has 0 bridgehead atoms. The Labute approximate surface area is 120 Å². The number of primary sulfonamides is 1. The Morgan fingerprint density at radius 1 is 1.26 bits per heavy atom. The minimum atomic E-state index is -3.51. The molecule has 0 aliphatic rings. The Morgan fingerprint density at radius 2 is 1.79 bits per heavy atom. The summed E-state index contributed by atoms with van der Waals surface area (Å²) in [6, 6.07) is 7.07. The maximum absolute atomic E-state index is 10.9. The van der Waals surface area contributed by atoms with Gasteiger partial charge in [0.25, 0.3) is 0 Å². The van der Waals surface area contributed by atoms with Gasteiger partial charge in [0.05, 0.1) is 11.9 Å². The molecule has 0 heterocycles. The first kappa shape index (κ1) is 18.3. The first-order valence-electron chi connectivity index (χ1n) is 5.78. The van der Waals surface area contributed by atoms with E-state index in [2.05, 4.69) is 5.32 Å². The second-order valence-electron chi connectivity index (χ2n) is 4.63. The minimum Gasteiger partial charge on any atom is -0.387 e. The number of rotatable bonds is 6. The SMILES string of the molecule is CC(C)NCC(O)c1ccc(CS(N)(=O)=O)cc1.Cl. The zero-order chi connectivity index (χ0) is 13.8. The summed E-state index contributed by atoms with van der Waals surface area (Å²) in [5.41, 5.74) is 1.37. The van der Waals surface area contributed by atoms with E-state index < -0.39 is 16.1 Å². The number of hydrogen-bond donors (Lipinski definition) is 3. The summed E-state index contributed by atoms with van der Waals surface area (Å²) in [4.78, 5) is 0. The van der Waals surface area contributed by atoms with Crippen LogP contribution in [-0.4, -0.2) is 26.1 Å². The molecule has 4 N–H and O–H groups in total. The van der Waals surface area contributed by atoms with Crippen molar-refractivity contribution in [1.82, 2.24) is 5.32 Å². The Hall–Kier alpha value is -0.660. The number of aliphatic hydroxyl groups excluding tert-OH is 1. The van der Waals surface area contributed by atoms with Crippen LogP contribution in [0.3, 0.4) is 0 Å². The fourth-order valence-corrected chi connectivity index (χ4v) is 2.19. The summed E-state index contributed by atoms with van der Waals surface area (Å²) in [5, 5.41) is 18.0. The van der Waals surface area contributed by atoms with Gasteiger partial charge in [0.15, 0.2) is 0 Å². The van der Waals surface area contributed by atoms with Crippen LogP contribution >= 0.6 is 12.4 Å². The molecule has 0 saturated carbocycles. The molecule has 0 aromatic heterocycles. The fraction of sp³-hybridized carbons (Fsp3) is 0.500. The Morgan fingerprint density at radius 3 is 2.21 bits per heavy atom. The van der Waals surface area contributed by atoms with Gasteiger partial charge < -0.3 is 10.4 Å². The second-order valence-corrected chi connectivity index (χ2v) is 6.24. The molecule has 0 saturated heterocycles. The standard InChI is InChI=1S/C12H20N2O3S.ClH/c1-9(2)14-7-12(15)11-5-3-10(4-6-11)8-18(13,16)17;/h3-6,9,12,14-15H,7-8H2,1-2H3,(H2,13,16,17);1H. The Kier molecular flexibility index (Phi) is 7.54. The lowest BCUT2D eigenvalue weighted by Crippen LogP contribution is -2.27. The molecule has 7 heteroatoms. The van der Waals surface area contributed by atoms with Gasteiger partial charge in [-0.3, -0.25) is 0 Å². The van der Waals surface area contributed by atoms with Gasteiger partial charge in [0, 0.05) is 12.6 Å². The van der Waals surface area contributed by atoms with Crippen LogP contribution in [0.2, 0.25) is 0 Å². The van der Waals surface area contributed by atoms with Crippen molar-refractivity contribution in [1.29, 1.82) is 0 Å². The molecule has 0 spiro atoms. The molecular formula is C12H21ClN2O3S. The van der Waals surface area contributed by atoms with E-state index >= 15 is 0 Å². The van der Waals surface area contributed by atoms with E-state index in [1.807, 2.05) is 13.8 Å². The third-order valence-electron chi connectivity index (χ3n) is 2.45. The molecule has 1 rings (SSSR count). The van der Waals surface area contributed by atoms with Gasteiger partial charge in [-0.1, -0.05) is 38.1 Å². The van der Waals surface area contributed by atoms with E-state index in [1.54, 1.807) is 24.3 Å². The number of hydrogen-bond acceptors (Lipinski definition) is 4. The molecule has 1 atom stereocenters. The fourth-order valence-electron chi connectivity index (χ4n) is 1.53. The van der Waals surface area contributed by atoms with E-state index in [0.717, 1.165) is 5.56 Å². The lowest BCUT2D eigenvalue weighted by Gasteiger charge is -2.14. The third kappa shape index (κ3) is 7.49. The number of nitrogens with two attached hydrogens (primary N) is 1. The van der Waals surface area contributed by atoms with E-state index in [0.29, 0.717) is 18.2 Å². The van der Waals surface area contributed by atoms with Crippen molar-refractivity contribution in [3.05, 3.63) is 35.4 Å². The molecule has 1 unspecified atom stereocenters. The van der Waals surface area contributed by atoms with Crippen molar-refractivity contribution >= 4 is 22.4 Å². The predicted molar refractivity (Wildman–Crippen MR) is 78.6 cm³/mol. The van der Waals surface area contributed by atoms with Gasteiger partial charge in [0.2, 0.25) is 10.0 Å². The second kappa shape index (κ2) is 7.81. The highest BCUT2D eigenvalue weighted by Crippen LogP contribution is 2.14. The average molecular weight is 309 g/mol. The van der Waals surface area contributed by atoms with Crippen molar-refractivity contribution in [2.45, 2.75) is 31.7 Å². The van der Waals surface area contributed by atoms with Gasteiger partial charge in [-0.25, -0.2) is 13.6 Å². The van der Waals surface area contributed by atoms with Gasteiger partial charge >= 0.3 is 0 Å². The van der Waals surface area contributed by atoms with Crippen LogP contribution < -0.4 is 10.5 Å². The van der Waals surface area contributed by atoms with Crippen LogP contribution in [0.5, 0.6) is 0 Å². The quantitative estimate of drug-likeness (QED) is 0.729. The van der Waals surface area contributed by atoms with Crippen LogP contribution in [0.25, 0.3) is 0 Å². The number of aliphatic hydroxyl groups is 1. The van der Waals surface area contributed by atoms with Gasteiger partial charge in [-0.05, 0) is 11.1 Å². The third-order valence-corrected chi connectivity index (χ3v) is 3.19. The van der Waals surface area contributed by atoms with Crippen molar-refractivity contribution in [3.63, 3.8) is 0 Å².